The molecule has 0 saturated carbocycles. The maximum absolute atomic E-state index is 2.61. The van der Waals surface area contributed by atoms with Crippen molar-refractivity contribution in [1.29, 1.82) is 0 Å². The third-order valence-electron chi connectivity index (χ3n) is 3.41. The van der Waals surface area contributed by atoms with Crippen molar-refractivity contribution in [3.05, 3.63) is 0 Å². The molecule has 0 N–H and O–H groups in total. The van der Waals surface area contributed by atoms with Crippen molar-refractivity contribution in [2.75, 3.05) is 13.1 Å². The van der Waals surface area contributed by atoms with E-state index in [1.165, 1.54) is 13.1 Å². The summed E-state index contributed by atoms with van der Waals surface area (Å²) in [6.45, 7) is 16.3. The predicted octanol–water partition coefficient (Wildman–Crippen LogP) is 2.20. The van der Waals surface area contributed by atoms with Gasteiger partial charge in [0.25, 0.3) is 0 Å². The van der Waals surface area contributed by atoms with Crippen LogP contribution >= 0.6 is 0 Å². The zero-order valence-corrected chi connectivity index (χ0v) is 10.6. The van der Waals surface area contributed by atoms with E-state index in [9.17, 15) is 0 Å². The Bertz CT molecular complexity index is 157. The van der Waals surface area contributed by atoms with Crippen LogP contribution in [0.2, 0.25) is 0 Å². The lowest BCUT2D eigenvalue weighted by Crippen LogP contribution is -2.59. The van der Waals surface area contributed by atoms with Crippen molar-refractivity contribution in [3.8, 4) is 0 Å². The zero-order chi connectivity index (χ0) is 10.9. The Balaban J connectivity index is 2.62. The van der Waals surface area contributed by atoms with Gasteiger partial charge in [-0.1, -0.05) is 0 Å². The molecule has 0 aromatic rings. The van der Waals surface area contributed by atoms with E-state index in [2.05, 4.69) is 51.3 Å². The highest BCUT2D eigenvalue weighted by atomic mass is 15.3. The monoisotopic (exact) mass is 198 g/mol. The molecule has 0 aromatic carbocycles. The van der Waals surface area contributed by atoms with Gasteiger partial charge in [-0.25, -0.2) is 0 Å². The normalized spacial score (nSPS) is 31.7. The summed E-state index contributed by atoms with van der Waals surface area (Å²) < 4.78 is 0. The molecule has 1 rings (SSSR count). The van der Waals surface area contributed by atoms with Crippen molar-refractivity contribution in [3.63, 3.8) is 0 Å². The van der Waals surface area contributed by atoms with Crippen LogP contribution in [0.25, 0.3) is 0 Å². The minimum Gasteiger partial charge on any atom is -0.295 e. The van der Waals surface area contributed by atoms with Gasteiger partial charge in [0.1, 0.15) is 0 Å². The molecule has 14 heavy (non-hydrogen) atoms. The Labute approximate surface area is 89.3 Å². The number of rotatable bonds is 2. The van der Waals surface area contributed by atoms with Crippen LogP contribution in [0.5, 0.6) is 0 Å². The molecular formula is C12H26N2. The fourth-order valence-corrected chi connectivity index (χ4v) is 2.62. The number of hydrogen-bond acceptors (Lipinski definition) is 2. The highest BCUT2D eigenvalue weighted by Gasteiger charge is 2.31. The molecular weight excluding hydrogens is 172 g/mol. The van der Waals surface area contributed by atoms with Gasteiger partial charge in [0.05, 0.1) is 0 Å². The lowest BCUT2D eigenvalue weighted by molar-refractivity contribution is 0.00740. The van der Waals surface area contributed by atoms with Crippen LogP contribution in [0.4, 0.5) is 0 Å². The van der Waals surface area contributed by atoms with Crippen molar-refractivity contribution in [1.82, 2.24) is 9.80 Å². The van der Waals surface area contributed by atoms with Crippen LogP contribution in [0.3, 0.4) is 0 Å². The topological polar surface area (TPSA) is 6.48 Å². The van der Waals surface area contributed by atoms with Crippen molar-refractivity contribution < 1.29 is 0 Å². The molecule has 1 fully saturated rings. The van der Waals surface area contributed by atoms with Gasteiger partial charge in [-0.2, -0.15) is 0 Å². The van der Waals surface area contributed by atoms with Crippen LogP contribution in [0.15, 0.2) is 0 Å². The summed E-state index contributed by atoms with van der Waals surface area (Å²) in [4.78, 5) is 5.23. The van der Waals surface area contributed by atoms with E-state index in [0.717, 1.165) is 0 Å². The van der Waals surface area contributed by atoms with Gasteiger partial charge in [0, 0.05) is 37.3 Å². The van der Waals surface area contributed by atoms with Gasteiger partial charge in [0.15, 0.2) is 0 Å². The number of hydrogen-bond donors (Lipinski definition) is 0. The highest BCUT2D eigenvalue weighted by molar-refractivity contribution is 4.87. The maximum atomic E-state index is 2.61. The summed E-state index contributed by atoms with van der Waals surface area (Å²) in [5, 5.41) is 0. The lowest BCUT2D eigenvalue weighted by Gasteiger charge is -2.47. The average molecular weight is 198 g/mol. The summed E-state index contributed by atoms with van der Waals surface area (Å²) in [5.41, 5.74) is 0. The molecule has 1 heterocycles. The van der Waals surface area contributed by atoms with E-state index < -0.39 is 0 Å². The molecule has 2 atom stereocenters. The first-order valence-corrected chi connectivity index (χ1v) is 5.95. The summed E-state index contributed by atoms with van der Waals surface area (Å²) in [5.74, 6) is 0. The lowest BCUT2D eigenvalue weighted by atomic mass is 10.0. The first kappa shape index (κ1) is 12.0. The van der Waals surface area contributed by atoms with Crippen LogP contribution in [-0.2, 0) is 0 Å². The Kier molecular flexibility index (Phi) is 3.96. The third kappa shape index (κ3) is 2.48. The molecule has 0 spiro atoms. The van der Waals surface area contributed by atoms with Crippen molar-refractivity contribution in [2.24, 2.45) is 0 Å². The fraction of sp³-hybridized carbons (Fsp3) is 1.00. The van der Waals surface area contributed by atoms with Gasteiger partial charge in [-0.15, -0.1) is 0 Å². The van der Waals surface area contributed by atoms with Crippen molar-refractivity contribution >= 4 is 0 Å². The SMILES string of the molecule is CC(C)N1C[C@H](C)N(C(C)C)CC1C. The van der Waals surface area contributed by atoms with E-state index in [0.29, 0.717) is 24.2 Å². The largest absolute Gasteiger partial charge is 0.295 e. The van der Waals surface area contributed by atoms with Crippen LogP contribution in [-0.4, -0.2) is 47.1 Å². The molecule has 1 saturated heterocycles. The Hall–Kier alpha value is -0.0800. The van der Waals surface area contributed by atoms with E-state index in [1.807, 2.05) is 0 Å². The predicted molar refractivity (Wildman–Crippen MR) is 62.6 cm³/mol. The van der Waals surface area contributed by atoms with Gasteiger partial charge < -0.3 is 0 Å². The Morgan fingerprint density at radius 3 is 1.29 bits per heavy atom. The minimum absolute atomic E-state index is 0.682. The first-order chi connectivity index (χ1) is 6.43. The molecule has 0 bridgehead atoms. The molecule has 2 heteroatoms. The molecule has 1 unspecified atom stereocenters. The molecule has 0 amide bonds. The quantitative estimate of drug-likeness (QED) is 0.671. The molecule has 0 aromatic heterocycles. The summed E-state index contributed by atoms with van der Waals surface area (Å²) in [7, 11) is 0. The standard InChI is InChI=1S/C12H26N2/c1-9(2)13-7-12(6)14(10(3)4)8-11(13)5/h9-12H,7-8H2,1-6H3/t11-,12?/m0/s1. The molecule has 0 aliphatic carbocycles. The second-order valence-electron chi connectivity index (χ2n) is 5.28. The molecule has 0 radical (unpaired) electrons. The van der Waals surface area contributed by atoms with E-state index in [-0.39, 0.29) is 0 Å². The van der Waals surface area contributed by atoms with E-state index in [4.69, 9.17) is 0 Å². The second kappa shape index (κ2) is 4.63. The second-order valence-corrected chi connectivity index (χ2v) is 5.28. The van der Waals surface area contributed by atoms with Gasteiger partial charge in [0.2, 0.25) is 0 Å². The highest BCUT2D eigenvalue weighted by Crippen LogP contribution is 2.19. The Morgan fingerprint density at radius 1 is 0.786 bits per heavy atom. The first-order valence-electron chi connectivity index (χ1n) is 5.95. The average Bonchev–Trinajstić information content (AvgIpc) is 2.07. The van der Waals surface area contributed by atoms with Gasteiger partial charge in [-0.05, 0) is 41.5 Å². The minimum atomic E-state index is 0.682. The molecule has 1 aliphatic heterocycles. The summed E-state index contributed by atoms with van der Waals surface area (Å²) >= 11 is 0. The Morgan fingerprint density at radius 2 is 1.07 bits per heavy atom. The third-order valence-corrected chi connectivity index (χ3v) is 3.41. The summed E-state index contributed by atoms with van der Waals surface area (Å²) in [6.07, 6.45) is 0. The number of nitrogens with zero attached hydrogens (tertiary/aromatic N) is 2. The fourth-order valence-electron chi connectivity index (χ4n) is 2.62. The van der Waals surface area contributed by atoms with Crippen LogP contribution in [0.1, 0.15) is 41.5 Å². The zero-order valence-electron chi connectivity index (χ0n) is 10.6. The smallest absolute Gasteiger partial charge is 0.0198 e. The van der Waals surface area contributed by atoms with Crippen molar-refractivity contribution in [2.45, 2.75) is 65.7 Å². The molecule has 1 aliphatic rings. The summed E-state index contributed by atoms with van der Waals surface area (Å²) in [6, 6.07) is 2.77. The number of piperazine rings is 1. The van der Waals surface area contributed by atoms with Crippen LogP contribution < -0.4 is 0 Å². The molecule has 84 valence electrons. The van der Waals surface area contributed by atoms with E-state index in [1.54, 1.807) is 0 Å². The maximum Gasteiger partial charge on any atom is 0.0198 e. The van der Waals surface area contributed by atoms with Crippen LogP contribution in [0, 0.1) is 0 Å². The molecule has 2 nitrogen and oxygen atoms in total. The van der Waals surface area contributed by atoms with E-state index >= 15 is 0 Å². The van der Waals surface area contributed by atoms with Gasteiger partial charge >= 0.3 is 0 Å². The van der Waals surface area contributed by atoms with Gasteiger partial charge in [-0.3, -0.25) is 9.80 Å².